The molecule has 0 unspecified atom stereocenters. The number of carboxylic acid groups (broad SMARTS) is 1. The van der Waals surface area contributed by atoms with Crippen LogP contribution in [-0.4, -0.2) is 25.8 Å². The molecule has 2 aromatic heterocycles. The van der Waals surface area contributed by atoms with Crippen molar-refractivity contribution < 1.29 is 14.3 Å². The molecule has 30 heavy (non-hydrogen) atoms. The van der Waals surface area contributed by atoms with Gasteiger partial charge in [-0.3, -0.25) is 9.89 Å². The van der Waals surface area contributed by atoms with Crippen molar-refractivity contribution in [2.45, 2.75) is 44.4 Å². The Kier molecular flexibility index (Phi) is 3.25. The maximum atomic E-state index is 13.6. The average molecular weight is 403 g/mol. The highest BCUT2D eigenvalue weighted by molar-refractivity contribution is 6.00. The fourth-order valence-corrected chi connectivity index (χ4v) is 6.00. The number of carboxylic acids is 1. The summed E-state index contributed by atoms with van der Waals surface area (Å²) >= 11 is 0. The van der Waals surface area contributed by atoms with Crippen molar-refractivity contribution >= 4 is 27.8 Å². The molecule has 0 amide bonds. The lowest BCUT2D eigenvalue weighted by atomic mass is 9.33. The molecular formula is C24H22FN3O2. The molecule has 152 valence electrons. The van der Waals surface area contributed by atoms with Gasteiger partial charge in [-0.1, -0.05) is 13.8 Å². The van der Waals surface area contributed by atoms with E-state index in [-0.39, 0.29) is 17.2 Å². The van der Waals surface area contributed by atoms with Crippen LogP contribution in [0.3, 0.4) is 0 Å². The van der Waals surface area contributed by atoms with E-state index in [0.29, 0.717) is 19.3 Å². The molecular weight excluding hydrogens is 381 g/mol. The Balaban J connectivity index is 1.68. The molecule has 2 aromatic carbocycles. The topological polar surface area (TPSA) is 70.9 Å². The molecule has 0 aliphatic heterocycles. The first kappa shape index (κ1) is 17.7. The third-order valence-corrected chi connectivity index (χ3v) is 7.21. The highest BCUT2D eigenvalue weighted by atomic mass is 19.1. The molecule has 0 saturated heterocycles. The SMILES string of the molecule is CC(C)c1c(C23CC(C(=O)O)(C2)C3)c2cc3[nH]ncc3cc2n1-c1ccc(F)cc1. The van der Waals surface area contributed by atoms with Gasteiger partial charge in [0.15, 0.2) is 0 Å². The van der Waals surface area contributed by atoms with Crippen LogP contribution in [0, 0.1) is 11.2 Å². The lowest BCUT2D eigenvalue weighted by Gasteiger charge is -2.68. The number of rotatable bonds is 4. The van der Waals surface area contributed by atoms with Crippen LogP contribution in [0.5, 0.6) is 0 Å². The smallest absolute Gasteiger partial charge is 0.309 e. The molecule has 3 saturated carbocycles. The van der Waals surface area contributed by atoms with Crippen LogP contribution in [0.15, 0.2) is 42.6 Å². The summed E-state index contributed by atoms with van der Waals surface area (Å²) in [5, 5.41) is 19.1. The van der Waals surface area contributed by atoms with E-state index in [2.05, 4.69) is 40.7 Å². The molecule has 3 aliphatic rings. The van der Waals surface area contributed by atoms with Gasteiger partial charge in [0.05, 0.1) is 22.6 Å². The lowest BCUT2D eigenvalue weighted by Crippen LogP contribution is -2.68. The quantitative estimate of drug-likeness (QED) is 0.487. The number of aliphatic carboxylic acids is 1. The van der Waals surface area contributed by atoms with E-state index in [1.165, 1.54) is 23.4 Å². The van der Waals surface area contributed by atoms with E-state index < -0.39 is 11.4 Å². The number of hydrogen-bond donors (Lipinski definition) is 2. The summed E-state index contributed by atoms with van der Waals surface area (Å²) in [5.74, 6) is -0.709. The van der Waals surface area contributed by atoms with Crippen molar-refractivity contribution in [3.05, 3.63) is 59.7 Å². The molecule has 3 aliphatic carbocycles. The standard InChI is InChI=1S/C24H22FN3O2/c1-13(2)21-20(23-10-24(11-23,12-23)22(29)30)17-8-18-14(9-26-27-18)7-19(17)28(21)16-5-3-15(25)4-6-16/h3-9,13H,10-12H2,1-2H3,(H,26,27)(H,29,30). The fraction of sp³-hybridized carbons (Fsp3) is 0.333. The van der Waals surface area contributed by atoms with Crippen molar-refractivity contribution in [2.75, 3.05) is 0 Å². The number of hydrogen-bond acceptors (Lipinski definition) is 2. The summed E-state index contributed by atoms with van der Waals surface area (Å²) in [6.45, 7) is 4.34. The second-order valence-electron chi connectivity index (χ2n) is 9.45. The Hall–Kier alpha value is -3.15. The van der Waals surface area contributed by atoms with Gasteiger partial charge in [-0.15, -0.1) is 0 Å². The summed E-state index contributed by atoms with van der Waals surface area (Å²) in [6.07, 6.45) is 3.89. The van der Waals surface area contributed by atoms with Gasteiger partial charge in [-0.2, -0.15) is 5.10 Å². The van der Waals surface area contributed by atoms with E-state index in [0.717, 1.165) is 27.5 Å². The number of nitrogens with zero attached hydrogens (tertiary/aromatic N) is 2. The zero-order valence-electron chi connectivity index (χ0n) is 16.9. The molecule has 2 bridgehead atoms. The van der Waals surface area contributed by atoms with Gasteiger partial charge in [0.1, 0.15) is 5.82 Å². The van der Waals surface area contributed by atoms with Crippen LogP contribution in [0.1, 0.15) is 50.3 Å². The van der Waals surface area contributed by atoms with Crippen molar-refractivity contribution in [3.8, 4) is 5.69 Å². The zero-order valence-corrected chi connectivity index (χ0v) is 16.9. The Bertz CT molecular complexity index is 1330. The van der Waals surface area contributed by atoms with Gasteiger partial charge in [0.25, 0.3) is 0 Å². The van der Waals surface area contributed by atoms with Crippen LogP contribution < -0.4 is 0 Å². The van der Waals surface area contributed by atoms with Gasteiger partial charge in [0.2, 0.25) is 0 Å². The Morgan fingerprint density at radius 3 is 2.53 bits per heavy atom. The highest BCUT2D eigenvalue weighted by Crippen LogP contribution is 2.75. The highest BCUT2D eigenvalue weighted by Gasteiger charge is 2.73. The molecule has 0 radical (unpaired) electrons. The maximum absolute atomic E-state index is 13.6. The fourth-order valence-electron chi connectivity index (χ4n) is 6.00. The average Bonchev–Trinajstić information content (AvgIpc) is 3.20. The number of carbonyl (C=O) groups is 1. The maximum Gasteiger partial charge on any atom is 0.309 e. The molecule has 0 spiro atoms. The number of aromatic nitrogens is 3. The van der Waals surface area contributed by atoms with Gasteiger partial charge in [-0.25, -0.2) is 4.39 Å². The first-order chi connectivity index (χ1) is 14.3. The molecule has 6 heteroatoms. The van der Waals surface area contributed by atoms with Crippen LogP contribution in [-0.2, 0) is 10.2 Å². The first-order valence-electron chi connectivity index (χ1n) is 10.3. The minimum Gasteiger partial charge on any atom is -0.481 e. The monoisotopic (exact) mass is 403 g/mol. The summed E-state index contributed by atoms with van der Waals surface area (Å²) in [7, 11) is 0. The van der Waals surface area contributed by atoms with E-state index in [4.69, 9.17) is 0 Å². The van der Waals surface area contributed by atoms with Crippen molar-refractivity contribution in [1.29, 1.82) is 0 Å². The summed E-state index contributed by atoms with van der Waals surface area (Å²) in [4.78, 5) is 11.7. The Morgan fingerprint density at radius 2 is 1.90 bits per heavy atom. The van der Waals surface area contributed by atoms with Crippen molar-refractivity contribution in [1.82, 2.24) is 14.8 Å². The molecule has 2 N–H and O–H groups in total. The van der Waals surface area contributed by atoms with Crippen molar-refractivity contribution in [3.63, 3.8) is 0 Å². The predicted molar refractivity (Wildman–Crippen MR) is 113 cm³/mol. The minimum absolute atomic E-state index is 0.0881. The second-order valence-corrected chi connectivity index (χ2v) is 9.45. The molecule has 0 atom stereocenters. The van der Waals surface area contributed by atoms with E-state index in [9.17, 15) is 14.3 Å². The van der Waals surface area contributed by atoms with Gasteiger partial charge in [0, 0.05) is 27.6 Å². The van der Waals surface area contributed by atoms with Crippen LogP contribution in [0.2, 0.25) is 0 Å². The number of halogens is 1. The summed E-state index contributed by atoms with van der Waals surface area (Å²) in [6, 6.07) is 10.9. The van der Waals surface area contributed by atoms with E-state index in [1.807, 2.05) is 18.3 Å². The Labute approximate surface area is 172 Å². The lowest BCUT2D eigenvalue weighted by molar-refractivity contribution is -0.194. The predicted octanol–water partition coefficient (Wildman–Crippen LogP) is 5.28. The van der Waals surface area contributed by atoms with Crippen molar-refractivity contribution in [2.24, 2.45) is 5.41 Å². The second kappa shape index (κ2) is 5.50. The van der Waals surface area contributed by atoms with Gasteiger partial charge in [-0.05, 0) is 67.1 Å². The molecule has 3 fully saturated rings. The minimum atomic E-state index is -0.672. The van der Waals surface area contributed by atoms with Crippen LogP contribution >= 0.6 is 0 Å². The first-order valence-corrected chi connectivity index (χ1v) is 10.3. The third-order valence-electron chi connectivity index (χ3n) is 7.21. The zero-order chi connectivity index (χ0) is 20.8. The molecule has 7 rings (SSSR count). The summed E-state index contributed by atoms with van der Waals surface area (Å²) < 4.78 is 15.9. The normalized spacial score (nSPS) is 24.9. The Morgan fingerprint density at radius 1 is 1.20 bits per heavy atom. The van der Waals surface area contributed by atoms with Gasteiger partial charge < -0.3 is 9.67 Å². The van der Waals surface area contributed by atoms with E-state index >= 15 is 0 Å². The van der Waals surface area contributed by atoms with E-state index in [1.54, 1.807) is 0 Å². The third kappa shape index (κ3) is 2.06. The number of fused-ring (bicyclic) bond motifs is 2. The van der Waals surface area contributed by atoms with Crippen LogP contribution in [0.4, 0.5) is 4.39 Å². The molecule has 5 nitrogen and oxygen atoms in total. The molecule has 2 heterocycles. The largest absolute Gasteiger partial charge is 0.481 e. The summed E-state index contributed by atoms with van der Waals surface area (Å²) in [5.41, 5.74) is 4.76. The van der Waals surface area contributed by atoms with Crippen LogP contribution in [0.25, 0.3) is 27.5 Å². The van der Waals surface area contributed by atoms with Gasteiger partial charge >= 0.3 is 5.97 Å². The number of H-pyrrole nitrogens is 1. The molecule has 4 aromatic rings. The number of nitrogens with one attached hydrogen (secondary N) is 1. The number of benzene rings is 2. The number of aromatic amines is 1.